The smallest absolute Gasteiger partial charge is 0.316 e. The van der Waals surface area contributed by atoms with Gasteiger partial charge in [0.05, 0.1) is 31.0 Å². The number of ether oxygens (including phenoxy) is 1. The molecule has 2 heterocycles. The predicted molar refractivity (Wildman–Crippen MR) is 50.9 cm³/mol. The number of H-pyrrole nitrogens is 1. The van der Waals surface area contributed by atoms with Crippen molar-refractivity contribution in [3.8, 4) is 17.4 Å². The van der Waals surface area contributed by atoms with E-state index in [1.54, 1.807) is 19.6 Å². The van der Waals surface area contributed by atoms with Gasteiger partial charge in [-0.2, -0.15) is 4.98 Å². The van der Waals surface area contributed by atoms with Crippen molar-refractivity contribution in [3.05, 3.63) is 24.3 Å². The van der Waals surface area contributed by atoms with Gasteiger partial charge in [-0.15, -0.1) is 0 Å². The number of aromatic nitrogens is 4. The summed E-state index contributed by atoms with van der Waals surface area (Å²) in [6, 6.07) is 2.24. The number of nitrogens with zero attached hydrogens (tertiary/aromatic N) is 3. The van der Waals surface area contributed by atoms with E-state index in [1.165, 1.54) is 0 Å². The molecule has 0 saturated heterocycles. The quantitative estimate of drug-likeness (QED) is 0.772. The van der Waals surface area contributed by atoms with Crippen LogP contribution in [0.5, 0.6) is 6.01 Å². The van der Waals surface area contributed by atoms with Gasteiger partial charge in [-0.25, -0.2) is 9.97 Å². The molecule has 2 rings (SSSR count). The summed E-state index contributed by atoms with van der Waals surface area (Å²) in [7, 11) is 1.55. The number of rotatable bonds is 2. The minimum absolute atomic E-state index is 0.370. The zero-order valence-corrected chi connectivity index (χ0v) is 7.98. The molecule has 0 aliphatic carbocycles. The van der Waals surface area contributed by atoms with Gasteiger partial charge >= 0.3 is 6.01 Å². The van der Waals surface area contributed by atoms with Gasteiger partial charge in [-0.3, -0.25) is 0 Å². The average molecular weight is 190 g/mol. The average Bonchev–Trinajstić information content (AvgIpc) is 2.69. The van der Waals surface area contributed by atoms with Crippen LogP contribution in [0.2, 0.25) is 0 Å². The molecule has 2 aromatic heterocycles. The van der Waals surface area contributed by atoms with E-state index in [9.17, 15) is 0 Å². The van der Waals surface area contributed by atoms with Crippen molar-refractivity contribution >= 4 is 0 Å². The summed E-state index contributed by atoms with van der Waals surface area (Å²) in [5, 5.41) is 0. The van der Waals surface area contributed by atoms with Gasteiger partial charge in [0.15, 0.2) is 0 Å². The van der Waals surface area contributed by atoms with Crippen molar-refractivity contribution in [2.24, 2.45) is 0 Å². The molecule has 5 heteroatoms. The Bertz CT molecular complexity index is 424. The molecular formula is C9H10N4O. The van der Waals surface area contributed by atoms with E-state index in [2.05, 4.69) is 19.9 Å². The van der Waals surface area contributed by atoms with Gasteiger partial charge in [-0.05, 0) is 13.0 Å². The first-order chi connectivity index (χ1) is 6.79. The van der Waals surface area contributed by atoms with Crippen molar-refractivity contribution in [2.75, 3.05) is 7.11 Å². The van der Waals surface area contributed by atoms with Crippen LogP contribution in [0.25, 0.3) is 11.4 Å². The number of methoxy groups -OCH3 is 1. The minimum Gasteiger partial charge on any atom is -0.467 e. The Hall–Kier alpha value is -1.91. The Kier molecular flexibility index (Phi) is 2.14. The molecule has 0 unspecified atom stereocenters. The molecule has 5 nitrogen and oxygen atoms in total. The van der Waals surface area contributed by atoms with Crippen LogP contribution in [0.3, 0.4) is 0 Å². The van der Waals surface area contributed by atoms with Crippen LogP contribution in [0.15, 0.2) is 18.6 Å². The van der Waals surface area contributed by atoms with Gasteiger partial charge in [0.2, 0.25) is 0 Å². The number of hydrogen-bond donors (Lipinski definition) is 1. The normalized spacial score (nSPS) is 10.1. The van der Waals surface area contributed by atoms with E-state index in [4.69, 9.17) is 4.74 Å². The molecule has 72 valence electrons. The first-order valence-electron chi connectivity index (χ1n) is 4.18. The third kappa shape index (κ3) is 1.56. The van der Waals surface area contributed by atoms with E-state index in [-0.39, 0.29) is 0 Å². The lowest BCUT2D eigenvalue weighted by Crippen LogP contribution is -1.95. The number of aromatic amines is 1. The lowest BCUT2D eigenvalue weighted by Gasteiger charge is -2.02. The molecule has 0 bridgehead atoms. The van der Waals surface area contributed by atoms with Crippen molar-refractivity contribution in [2.45, 2.75) is 6.92 Å². The van der Waals surface area contributed by atoms with Crippen LogP contribution in [-0.4, -0.2) is 27.0 Å². The molecule has 1 N–H and O–H groups in total. The lowest BCUT2D eigenvalue weighted by molar-refractivity contribution is 0.379. The third-order valence-electron chi connectivity index (χ3n) is 1.79. The molecule has 0 amide bonds. The Morgan fingerprint density at radius 1 is 1.36 bits per heavy atom. The maximum atomic E-state index is 4.98. The van der Waals surface area contributed by atoms with Crippen molar-refractivity contribution in [3.63, 3.8) is 0 Å². The molecule has 0 saturated carbocycles. The first kappa shape index (κ1) is 8.68. The third-order valence-corrected chi connectivity index (χ3v) is 1.79. The Morgan fingerprint density at radius 2 is 2.21 bits per heavy atom. The zero-order valence-electron chi connectivity index (χ0n) is 7.98. The van der Waals surface area contributed by atoms with E-state index >= 15 is 0 Å². The Labute approximate surface area is 81.2 Å². The molecular weight excluding hydrogens is 180 g/mol. The predicted octanol–water partition coefficient (Wildman–Crippen LogP) is 1.18. The van der Waals surface area contributed by atoms with Crippen LogP contribution < -0.4 is 4.74 Å². The number of hydrogen-bond acceptors (Lipinski definition) is 4. The fourth-order valence-electron chi connectivity index (χ4n) is 1.17. The highest BCUT2D eigenvalue weighted by Gasteiger charge is 2.04. The molecule has 2 aromatic rings. The van der Waals surface area contributed by atoms with Crippen LogP contribution in [0.1, 0.15) is 5.69 Å². The van der Waals surface area contributed by atoms with E-state index < -0.39 is 0 Å². The topological polar surface area (TPSA) is 63.7 Å². The van der Waals surface area contributed by atoms with Crippen molar-refractivity contribution in [1.29, 1.82) is 0 Å². The minimum atomic E-state index is 0.370. The lowest BCUT2D eigenvalue weighted by atomic mass is 10.3. The summed E-state index contributed by atoms with van der Waals surface area (Å²) in [5.74, 6) is 0. The maximum absolute atomic E-state index is 4.98. The molecule has 0 fully saturated rings. The molecule has 0 radical (unpaired) electrons. The molecule has 0 atom stereocenters. The van der Waals surface area contributed by atoms with Crippen LogP contribution in [-0.2, 0) is 0 Å². The van der Waals surface area contributed by atoms with Gasteiger partial charge in [0.1, 0.15) is 0 Å². The number of nitrogens with one attached hydrogen (secondary N) is 1. The van der Waals surface area contributed by atoms with Crippen LogP contribution in [0, 0.1) is 6.92 Å². The molecule has 0 aliphatic rings. The van der Waals surface area contributed by atoms with E-state index in [1.807, 2.05) is 13.0 Å². The summed E-state index contributed by atoms with van der Waals surface area (Å²) >= 11 is 0. The molecule has 14 heavy (non-hydrogen) atoms. The second kappa shape index (κ2) is 3.45. The van der Waals surface area contributed by atoms with E-state index in [0.29, 0.717) is 6.01 Å². The molecule has 0 spiro atoms. The second-order valence-electron chi connectivity index (χ2n) is 2.85. The summed E-state index contributed by atoms with van der Waals surface area (Å²) in [4.78, 5) is 15.2. The highest BCUT2D eigenvalue weighted by Crippen LogP contribution is 2.16. The summed E-state index contributed by atoms with van der Waals surface area (Å²) in [6.45, 7) is 1.89. The first-order valence-corrected chi connectivity index (χ1v) is 4.18. The molecule has 0 aliphatic heterocycles. The van der Waals surface area contributed by atoms with Crippen LogP contribution >= 0.6 is 0 Å². The largest absolute Gasteiger partial charge is 0.467 e. The summed E-state index contributed by atoms with van der Waals surface area (Å²) in [5.41, 5.74) is 2.50. The highest BCUT2D eigenvalue weighted by atomic mass is 16.5. The zero-order chi connectivity index (χ0) is 9.97. The van der Waals surface area contributed by atoms with Crippen molar-refractivity contribution < 1.29 is 4.74 Å². The summed E-state index contributed by atoms with van der Waals surface area (Å²) < 4.78 is 4.98. The Balaban J connectivity index is 2.48. The highest BCUT2D eigenvalue weighted by molar-refractivity contribution is 5.53. The van der Waals surface area contributed by atoms with Crippen molar-refractivity contribution in [1.82, 2.24) is 19.9 Å². The Morgan fingerprint density at radius 3 is 2.86 bits per heavy atom. The van der Waals surface area contributed by atoms with Gasteiger partial charge in [0, 0.05) is 5.69 Å². The fraction of sp³-hybridized carbons (Fsp3) is 0.222. The molecule has 0 aromatic carbocycles. The van der Waals surface area contributed by atoms with E-state index in [0.717, 1.165) is 17.1 Å². The SMILES string of the molecule is COc1nc(C)cc(-c2cnc[nH]2)n1. The van der Waals surface area contributed by atoms with Crippen LogP contribution in [0.4, 0.5) is 0 Å². The summed E-state index contributed by atoms with van der Waals surface area (Å²) in [6.07, 6.45) is 3.32. The van der Waals surface area contributed by atoms with Gasteiger partial charge in [-0.1, -0.05) is 0 Å². The van der Waals surface area contributed by atoms with Gasteiger partial charge in [0.25, 0.3) is 0 Å². The monoisotopic (exact) mass is 190 g/mol. The van der Waals surface area contributed by atoms with Gasteiger partial charge < -0.3 is 9.72 Å². The number of aryl methyl sites for hydroxylation is 1. The maximum Gasteiger partial charge on any atom is 0.316 e. The number of imidazole rings is 1. The second-order valence-corrected chi connectivity index (χ2v) is 2.85. The fourth-order valence-corrected chi connectivity index (χ4v) is 1.17. The standard InChI is InChI=1S/C9H10N4O/c1-6-3-7(8-4-10-5-11-8)13-9(12-6)14-2/h3-5H,1-2H3,(H,10,11).